The molecule has 0 unspecified atom stereocenters. The lowest BCUT2D eigenvalue weighted by atomic mass is 9.85. The molecule has 2 heteroatoms. The minimum atomic E-state index is 0.638. The second-order valence-corrected chi connectivity index (χ2v) is 7.97. The maximum atomic E-state index is 3.81. The van der Waals surface area contributed by atoms with Crippen molar-refractivity contribution in [2.45, 2.75) is 75.9 Å². The fourth-order valence-corrected chi connectivity index (χ4v) is 5.99. The minimum absolute atomic E-state index is 0.638. The predicted molar refractivity (Wildman–Crippen MR) is 83.3 cm³/mol. The van der Waals surface area contributed by atoms with Crippen molar-refractivity contribution >= 4 is 27.7 Å². The van der Waals surface area contributed by atoms with Crippen LogP contribution in [0.4, 0.5) is 0 Å². The summed E-state index contributed by atoms with van der Waals surface area (Å²) < 4.78 is 0. The Morgan fingerprint density at radius 3 is 2.06 bits per heavy atom. The zero-order chi connectivity index (χ0) is 12.0. The molecule has 0 N–H and O–H groups in total. The molecule has 0 aliphatic heterocycles. The third kappa shape index (κ3) is 4.45. The molecule has 0 heterocycles. The molecule has 2 aliphatic carbocycles. The van der Waals surface area contributed by atoms with E-state index < -0.39 is 0 Å². The van der Waals surface area contributed by atoms with Gasteiger partial charge in [-0.2, -0.15) is 11.8 Å². The second-order valence-electron chi connectivity index (χ2n) is 6.12. The maximum Gasteiger partial charge on any atom is 0.00958 e. The summed E-state index contributed by atoms with van der Waals surface area (Å²) in [5.74, 6) is 1.42. The number of hydrogen-bond acceptors (Lipinski definition) is 1. The Labute approximate surface area is 120 Å². The third-order valence-corrected chi connectivity index (χ3v) is 7.54. The van der Waals surface area contributed by atoms with E-state index in [1.54, 1.807) is 0 Å². The number of rotatable bonds is 4. The van der Waals surface area contributed by atoms with Crippen LogP contribution in [0.5, 0.6) is 0 Å². The molecule has 2 aliphatic rings. The zero-order valence-corrected chi connectivity index (χ0v) is 13.5. The Hall–Kier alpha value is 0.830. The fraction of sp³-hybridized carbons (Fsp3) is 1.00. The molecular weight excluding hydrogens is 292 g/mol. The van der Waals surface area contributed by atoms with E-state index in [4.69, 9.17) is 0 Å². The van der Waals surface area contributed by atoms with Gasteiger partial charge in [0.25, 0.3) is 0 Å². The van der Waals surface area contributed by atoms with Crippen LogP contribution in [-0.4, -0.2) is 16.3 Å². The predicted octanol–water partition coefficient (Wildman–Crippen LogP) is 5.79. The molecule has 0 amide bonds. The summed E-state index contributed by atoms with van der Waals surface area (Å²) in [6, 6.07) is 0. The van der Waals surface area contributed by atoms with Crippen molar-refractivity contribution in [2.24, 2.45) is 5.41 Å². The molecule has 2 rings (SSSR count). The van der Waals surface area contributed by atoms with E-state index in [-0.39, 0.29) is 0 Å². The molecule has 0 atom stereocenters. The molecule has 0 aromatic heterocycles. The van der Waals surface area contributed by atoms with E-state index in [9.17, 15) is 0 Å². The molecule has 100 valence electrons. The number of halogens is 1. The third-order valence-electron chi connectivity index (χ3n) is 4.63. The lowest BCUT2D eigenvalue weighted by Crippen LogP contribution is -2.26. The van der Waals surface area contributed by atoms with Gasteiger partial charge in [0.2, 0.25) is 0 Å². The van der Waals surface area contributed by atoms with Crippen LogP contribution in [0, 0.1) is 5.41 Å². The lowest BCUT2D eigenvalue weighted by Gasteiger charge is -2.33. The van der Waals surface area contributed by atoms with Gasteiger partial charge in [-0.1, -0.05) is 60.9 Å². The van der Waals surface area contributed by atoms with E-state index in [2.05, 4.69) is 27.7 Å². The zero-order valence-electron chi connectivity index (χ0n) is 11.1. The average Bonchev–Trinajstić information content (AvgIpc) is 2.64. The van der Waals surface area contributed by atoms with Crippen molar-refractivity contribution in [3.63, 3.8) is 0 Å². The molecule has 0 aromatic carbocycles. The van der Waals surface area contributed by atoms with Crippen LogP contribution >= 0.6 is 27.7 Å². The normalized spacial score (nSPS) is 26.6. The highest BCUT2D eigenvalue weighted by Crippen LogP contribution is 2.41. The first-order chi connectivity index (χ1) is 8.35. The fourth-order valence-electron chi connectivity index (χ4n) is 3.32. The summed E-state index contributed by atoms with van der Waals surface area (Å²) in [5.41, 5.74) is 0.638. The van der Waals surface area contributed by atoms with Crippen molar-refractivity contribution in [3.8, 4) is 0 Å². The molecule has 17 heavy (non-hydrogen) atoms. The summed E-state index contributed by atoms with van der Waals surface area (Å²) in [6.45, 7) is 0. The summed E-state index contributed by atoms with van der Waals surface area (Å²) in [4.78, 5) is 0. The quantitative estimate of drug-likeness (QED) is 0.467. The van der Waals surface area contributed by atoms with Crippen LogP contribution in [0.1, 0.15) is 70.6 Å². The van der Waals surface area contributed by atoms with Crippen LogP contribution in [0.25, 0.3) is 0 Å². The van der Waals surface area contributed by atoms with Crippen LogP contribution in [0.3, 0.4) is 0 Å². The van der Waals surface area contributed by atoms with Gasteiger partial charge >= 0.3 is 0 Å². The summed E-state index contributed by atoms with van der Waals surface area (Å²) >= 11 is 6.12. The molecule has 0 aromatic rings. The maximum absolute atomic E-state index is 3.81. The number of hydrogen-bond donors (Lipinski definition) is 0. The highest BCUT2D eigenvalue weighted by Gasteiger charge is 2.31. The van der Waals surface area contributed by atoms with Gasteiger partial charge in [0.15, 0.2) is 0 Å². The van der Waals surface area contributed by atoms with Crippen LogP contribution in [0.15, 0.2) is 0 Å². The molecule has 0 nitrogen and oxygen atoms in total. The van der Waals surface area contributed by atoms with E-state index in [1.165, 1.54) is 81.7 Å². The van der Waals surface area contributed by atoms with Gasteiger partial charge in [0, 0.05) is 10.6 Å². The van der Waals surface area contributed by atoms with Crippen molar-refractivity contribution < 1.29 is 0 Å². The van der Waals surface area contributed by atoms with Gasteiger partial charge in [-0.3, -0.25) is 0 Å². The Morgan fingerprint density at radius 2 is 1.47 bits per heavy atom. The topological polar surface area (TPSA) is 0 Å². The van der Waals surface area contributed by atoms with Gasteiger partial charge in [-0.05, 0) is 36.9 Å². The minimum Gasteiger partial charge on any atom is -0.158 e. The first-order valence-corrected chi connectivity index (χ1v) is 9.69. The lowest BCUT2D eigenvalue weighted by molar-refractivity contribution is 0.333. The van der Waals surface area contributed by atoms with Crippen LogP contribution < -0.4 is 0 Å². The smallest absolute Gasteiger partial charge is 0.00958 e. The SMILES string of the molecule is BrCC1(CSC2CCCCC2)CCCCCC1. The number of thioether (sulfide) groups is 1. The van der Waals surface area contributed by atoms with Gasteiger partial charge in [-0.25, -0.2) is 0 Å². The molecule has 0 saturated heterocycles. The van der Waals surface area contributed by atoms with Crippen molar-refractivity contribution in [1.82, 2.24) is 0 Å². The summed E-state index contributed by atoms with van der Waals surface area (Å²) in [7, 11) is 0. The molecule has 0 spiro atoms. The van der Waals surface area contributed by atoms with Gasteiger partial charge < -0.3 is 0 Å². The molecule has 2 saturated carbocycles. The van der Waals surface area contributed by atoms with E-state index >= 15 is 0 Å². The highest BCUT2D eigenvalue weighted by molar-refractivity contribution is 9.09. The monoisotopic (exact) mass is 318 g/mol. The Bertz CT molecular complexity index is 203. The first-order valence-electron chi connectivity index (χ1n) is 7.52. The van der Waals surface area contributed by atoms with E-state index in [1.807, 2.05) is 0 Å². The molecular formula is C15H27BrS. The average molecular weight is 319 g/mol. The second kappa shape index (κ2) is 7.43. The summed E-state index contributed by atoms with van der Waals surface area (Å²) in [6.07, 6.45) is 16.3. The van der Waals surface area contributed by atoms with E-state index in [0.29, 0.717) is 5.41 Å². The van der Waals surface area contributed by atoms with Crippen LogP contribution in [-0.2, 0) is 0 Å². The van der Waals surface area contributed by atoms with Crippen molar-refractivity contribution in [2.75, 3.05) is 11.1 Å². The largest absolute Gasteiger partial charge is 0.158 e. The van der Waals surface area contributed by atoms with Crippen molar-refractivity contribution in [1.29, 1.82) is 0 Å². The Balaban J connectivity index is 1.80. The van der Waals surface area contributed by atoms with E-state index in [0.717, 1.165) is 5.25 Å². The standard InChI is InChI=1S/C15H27BrS/c16-12-15(10-6-1-2-7-11-15)13-17-14-8-4-3-5-9-14/h14H,1-13H2. The van der Waals surface area contributed by atoms with Crippen LogP contribution in [0.2, 0.25) is 0 Å². The van der Waals surface area contributed by atoms with Crippen molar-refractivity contribution in [3.05, 3.63) is 0 Å². The first kappa shape index (κ1) is 14.2. The van der Waals surface area contributed by atoms with Gasteiger partial charge in [0.1, 0.15) is 0 Å². The summed E-state index contributed by atoms with van der Waals surface area (Å²) in [5, 5.41) is 2.22. The molecule has 0 bridgehead atoms. The van der Waals surface area contributed by atoms with Gasteiger partial charge in [-0.15, -0.1) is 0 Å². The molecule has 2 fully saturated rings. The Morgan fingerprint density at radius 1 is 0.882 bits per heavy atom. The highest BCUT2D eigenvalue weighted by atomic mass is 79.9. The Kier molecular flexibility index (Phi) is 6.22. The van der Waals surface area contributed by atoms with Gasteiger partial charge in [0.05, 0.1) is 0 Å². The molecule has 0 radical (unpaired) electrons. The number of alkyl halides is 1.